The molecule has 1 aliphatic rings. The van der Waals surface area contributed by atoms with Crippen LogP contribution in [0.25, 0.3) is 0 Å². The number of halogens is 1. The summed E-state index contributed by atoms with van der Waals surface area (Å²) in [6, 6.07) is 1.79. The fourth-order valence-corrected chi connectivity index (χ4v) is 5.21. The number of aromatic nitrogens is 1. The first-order valence-electron chi connectivity index (χ1n) is 10.2. The van der Waals surface area contributed by atoms with Gasteiger partial charge >= 0.3 is 0 Å². The number of hydrogen-bond acceptors (Lipinski definition) is 3. The first kappa shape index (κ1) is 22.5. The van der Waals surface area contributed by atoms with E-state index in [2.05, 4.69) is 59.6 Å². The van der Waals surface area contributed by atoms with Gasteiger partial charge in [0.1, 0.15) is 0 Å². The van der Waals surface area contributed by atoms with E-state index in [1.165, 1.54) is 0 Å². The van der Waals surface area contributed by atoms with Crippen molar-refractivity contribution in [2.45, 2.75) is 103 Å². The SMILES string of the molecule is CC(C)(C)Cc1cnc(F)c(C(O)CC2(O[Si](C)(C)C(C)(C)C)CCC2)c1. The zero-order chi connectivity index (χ0) is 20.7. The van der Waals surface area contributed by atoms with E-state index in [1.807, 2.05) is 0 Å². The molecule has 1 fully saturated rings. The van der Waals surface area contributed by atoms with Gasteiger partial charge in [-0.05, 0) is 60.9 Å². The molecule has 1 heterocycles. The summed E-state index contributed by atoms with van der Waals surface area (Å²) >= 11 is 0. The molecule has 5 heteroatoms. The first-order chi connectivity index (χ1) is 12.1. The van der Waals surface area contributed by atoms with Crippen LogP contribution in [0.15, 0.2) is 12.3 Å². The maximum Gasteiger partial charge on any atom is 0.218 e. The van der Waals surface area contributed by atoms with Crippen molar-refractivity contribution in [3.8, 4) is 0 Å². The molecule has 0 aromatic carbocycles. The van der Waals surface area contributed by atoms with Gasteiger partial charge in [0.15, 0.2) is 8.32 Å². The largest absolute Gasteiger partial charge is 0.411 e. The minimum Gasteiger partial charge on any atom is -0.411 e. The Morgan fingerprint density at radius 3 is 2.26 bits per heavy atom. The number of pyridine rings is 1. The molecule has 1 atom stereocenters. The van der Waals surface area contributed by atoms with Crippen molar-refractivity contribution in [1.29, 1.82) is 0 Å². The quantitative estimate of drug-likeness (QED) is 0.462. The van der Waals surface area contributed by atoms with E-state index in [1.54, 1.807) is 12.3 Å². The zero-order valence-corrected chi connectivity index (χ0v) is 19.4. The molecule has 1 aliphatic carbocycles. The minimum absolute atomic E-state index is 0.0857. The van der Waals surface area contributed by atoms with E-state index >= 15 is 0 Å². The lowest BCUT2D eigenvalue weighted by molar-refractivity contribution is -0.0583. The fourth-order valence-electron chi connectivity index (χ4n) is 3.53. The van der Waals surface area contributed by atoms with E-state index in [0.29, 0.717) is 12.0 Å². The molecule has 27 heavy (non-hydrogen) atoms. The zero-order valence-electron chi connectivity index (χ0n) is 18.4. The van der Waals surface area contributed by atoms with Crippen LogP contribution < -0.4 is 0 Å². The monoisotopic (exact) mass is 395 g/mol. The van der Waals surface area contributed by atoms with Crippen molar-refractivity contribution in [3.05, 3.63) is 29.3 Å². The standard InChI is InChI=1S/C22H38FNO2Si/c1-20(2,3)13-16-12-17(19(23)24-15-16)18(25)14-22(10-9-11-22)26-27(7,8)21(4,5)6/h12,15,18,25H,9-11,13-14H2,1-8H3. The highest BCUT2D eigenvalue weighted by Crippen LogP contribution is 2.48. The van der Waals surface area contributed by atoms with Gasteiger partial charge in [-0.3, -0.25) is 0 Å². The van der Waals surface area contributed by atoms with Gasteiger partial charge in [0.2, 0.25) is 5.95 Å². The van der Waals surface area contributed by atoms with Crippen LogP contribution >= 0.6 is 0 Å². The second-order valence-electron chi connectivity index (χ2n) is 11.1. The van der Waals surface area contributed by atoms with Crippen LogP contribution in [0.2, 0.25) is 18.1 Å². The summed E-state index contributed by atoms with van der Waals surface area (Å²) in [7, 11) is -1.95. The molecule has 0 saturated heterocycles. The van der Waals surface area contributed by atoms with Crippen LogP contribution in [0.5, 0.6) is 0 Å². The van der Waals surface area contributed by atoms with Gasteiger partial charge in [0.05, 0.1) is 11.7 Å². The van der Waals surface area contributed by atoms with Gasteiger partial charge in [-0.15, -0.1) is 0 Å². The normalized spacial score (nSPS) is 18.9. The third kappa shape index (κ3) is 5.61. The predicted octanol–water partition coefficient (Wildman–Crippen LogP) is 6.18. The van der Waals surface area contributed by atoms with Crippen molar-refractivity contribution >= 4 is 8.32 Å². The number of hydrogen-bond donors (Lipinski definition) is 1. The third-order valence-corrected chi connectivity index (χ3v) is 10.7. The molecule has 154 valence electrons. The summed E-state index contributed by atoms with van der Waals surface area (Å²) in [5.74, 6) is -0.568. The highest BCUT2D eigenvalue weighted by Gasteiger charge is 2.48. The van der Waals surface area contributed by atoms with Crippen LogP contribution in [0.4, 0.5) is 4.39 Å². The van der Waals surface area contributed by atoms with Crippen LogP contribution in [0.3, 0.4) is 0 Å². The molecule has 0 amide bonds. The third-order valence-electron chi connectivity index (χ3n) is 6.12. The maximum absolute atomic E-state index is 14.4. The van der Waals surface area contributed by atoms with Crippen LogP contribution in [-0.2, 0) is 10.8 Å². The number of rotatable bonds is 6. The Morgan fingerprint density at radius 2 is 1.81 bits per heavy atom. The Bertz CT molecular complexity index is 657. The summed E-state index contributed by atoms with van der Waals surface area (Å²) in [6.07, 6.45) is 4.92. The van der Waals surface area contributed by atoms with Crippen molar-refractivity contribution in [1.82, 2.24) is 4.98 Å². The Kier molecular flexibility index (Phi) is 6.30. The van der Waals surface area contributed by atoms with Crippen molar-refractivity contribution in [2.75, 3.05) is 0 Å². The molecule has 0 radical (unpaired) electrons. The molecule has 0 aliphatic heterocycles. The summed E-state index contributed by atoms with van der Waals surface area (Å²) in [5.41, 5.74) is 1.03. The summed E-state index contributed by atoms with van der Waals surface area (Å²) in [4.78, 5) is 3.91. The van der Waals surface area contributed by atoms with Gasteiger partial charge in [-0.2, -0.15) is 4.39 Å². The van der Waals surface area contributed by atoms with E-state index in [-0.39, 0.29) is 16.1 Å². The molecule has 1 aromatic heterocycles. The summed E-state index contributed by atoms with van der Waals surface area (Å²) in [6.45, 7) is 17.6. The lowest BCUT2D eigenvalue weighted by Gasteiger charge is -2.51. The molecule has 0 spiro atoms. The average Bonchev–Trinajstić information content (AvgIpc) is 2.44. The lowest BCUT2D eigenvalue weighted by atomic mass is 9.75. The van der Waals surface area contributed by atoms with E-state index < -0.39 is 20.4 Å². The summed E-state index contributed by atoms with van der Waals surface area (Å²) in [5, 5.41) is 11.0. The van der Waals surface area contributed by atoms with E-state index in [4.69, 9.17) is 4.43 Å². The summed E-state index contributed by atoms with van der Waals surface area (Å²) < 4.78 is 21.1. The van der Waals surface area contributed by atoms with E-state index in [0.717, 1.165) is 31.2 Å². The predicted molar refractivity (Wildman–Crippen MR) is 112 cm³/mol. The Morgan fingerprint density at radius 1 is 1.22 bits per heavy atom. The molecular weight excluding hydrogens is 357 g/mol. The molecule has 1 saturated carbocycles. The average molecular weight is 396 g/mol. The lowest BCUT2D eigenvalue weighted by Crippen LogP contribution is -2.53. The van der Waals surface area contributed by atoms with E-state index in [9.17, 15) is 9.50 Å². The minimum atomic E-state index is -1.95. The first-order valence-corrected chi connectivity index (χ1v) is 13.1. The van der Waals surface area contributed by atoms with Crippen molar-refractivity contribution in [2.24, 2.45) is 5.41 Å². The highest BCUT2D eigenvalue weighted by atomic mass is 28.4. The number of aliphatic hydroxyl groups is 1. The van der Waals surface area contributed by atoms with Gasteiger partial charge in [0, 0.05) is 18.2 Å². The molecular formula is C22H38FNO2Si. The fraction of sp³-hybridized carbons (Fsp3) is 0.773. The Hall–Kier alpha value is -0.783. The molecule has 2 rings (SSSR count). The molecule has 1 N–H and O–H groups in total. The van der Waals surface area contributed by atoms with Crippen LogP contribution in [-0.4, -0.2) is 24.0 Å². The smallest absolute Gasteiger partial charge is 0.218 e. The highest BCUT2D eigenvalue weighted by molar-refractivity contribution is 6.74. The van der Waals surface area contributed by atoms with Crippen LogP contribution in [0, 0.1) is 11.4 Å². The second-order valence-corrected chi connectivity index (χ2v) is 15.8. The molecule has 3 nitrogen and oxygen atoms in total. The van der Waals surface area contributed by atoms with Crippen LogP contribution in [0.1, 0.15) is 84.5 Å². The molecule has 1 unspecified atom stereocenters. The maximum atomic E-state index is 14.4. The van der Waals surface area contributed by atoms with Gasteiger partial charge in [0.25, 0.3) is 0 Å². The number of aliphatic hydroxyl groups excluding tert-OH is 1. The van der Waals surface area contributed by atoms with Crippen molar-refractivity contribution < 1.29 is 13.9 Å². The molecule has 1 aromatic rings. The Balaban J connectivity index is 2.20. The topological polar surface area (TPSA) is 42.4 Å². The van der Waals surface area contributed by atoms with Gasteiger partial charge in [-0.25, -0.2) is 4.98 Å². The number of nitrogens with zero attached hydrogens (tertiary/aromatic N) is 1. The van der Waals surface area contributed by atoms with Crippen molar-refractivity contribution in [3.63, 3.8) is 0 Å². The van der Waals surface area contributed by atoms with Gasteiger partial charge < -0.3 is 9.53 Å². The Labute approximate surface area is 165 Å². The van der Waals surface area contributed by atoms with Gasteiger partial charge in [-0.1, -0.05) is 41.5 Å². The second kappa shape index (κ2) is 7.56. The molecule has 0 bridgehead atoms.